The summed E-state index contributed by atoms with van der Waals surface area (Å²) < 4.78 is 1.00. The van der Waals surface area contributed by atoms with Crippen molar-refractivity contribution in [3.05, 3.63) is 9.51 Å². The second-order valence-electron chi connectivity index (χ2n) is 1.07. The van der Waals surface area contributed by atoms with Crippen LogP contribution in [0.25, 0.3) is 0 Å². The molecule has 0 N–H and O–H groups in total. The van der Waals surface area contributed by atoms with Gasteiger partial charge in [0.15, 0.2) is 0 Å². The van der Waals surface area contributed by atoms with Crippen LogP contribution in [0.1, 0.15) is 13.8 Å². The minimum Gasteiger partial charge on any atom is -0.0886 e. The van der Waals surface area contributed by atoms with Crippen molar-refractivity contribution in [2.45, 2.75) is 13.8 Å². The molecule has 0 saturated carbocycles. The summed E-state index contributed by atoms with van der Waals surface area (Å²) in [4.78, 5) is 0. The Kier molecular flexibility index (Phi) is 2.87. The Hall–Kier alpha value is 0.510. The highest BCUT2D eigenvalue weighted by Crippen LogP contribution is 2.12. The maximum Gasteiger partial charge on any atom is 0.0248 e. The third-order valence-corrected chi connectivity index (χ3v) is 1.58. The number of hydrogen-bond acceptors (Lipinski definition) is 0. The van der Waals surface area contributed by atoms with E-state index in [2.05, 4.69) is 15.9 Å². The number of allylic oxidation sites excluding steroid dienone is 2. The fourth-order valence-electron chi connectivity index (χ4n) is 0. The fourth-order valence-corrected chi connectivity index (χ4v) is 0. The van der Waals surface area contributed by atoms with Crippen LogP contribution in [-0.2, 0) is 0 Å². The lowest BCUT2D eigenvalue weighted by atomic mass is 10.6. The van der Waals surface area contributed by atoms with Gasteiger partial charge in [0.2, 0.25) is 0 Å². The zero-order valence-electron chi connectivity index (χ0n) is 3.76. The average Bonchev–Trinajstić information content (AvgIpc) is 1.36. The highest BCUT2D eigenvalue weighted by Gasteiger charge is 1.80. The van der Waals surface area contributed by atoms with Crippen molar-refractivity contribution in [1.29, 1.82) is 0 Å². The molecule has 0 aliphatic heterocycles. The van der Waals surface area contributed by atoms with E-state index in [4.69, 9.17) is 11.6 Å². The SMILES string of the molecule is CC(Cl)=C(C)Br. The van der Waals surface area contributed by atoms with Crippen molar-refractivity contribution in [2.24, 2.45) is 0 Å². The topological polar surface area (TPSA) is 0 Å². The van der Waals surface area contributed by atoms with E-state index in [1.54, 1.807) is 0 Å². The van der Waals surface area contributed by atoms with E-state index in [9.17, 15) is 0 Å². The van der Waals surface area contributed by atoms with Gasteiger partial charge in [0.1, 0.15) is 0 Å². The molecule has 0 nitrogen and oxygen atoms in total. The van der Waals surface area contributed by atoms with Gasteiger partial charge >= 0.3 is 0 Å². The number of halogens is 2. The first kappa shape index (κ1) is 6.51. The molecule has 2 heteroatoms. The van der Waals surface area contributed by atoms with E-state index in [1.807, 2.05) is 13.8 Å². The van der Waals surface area contributed by atoms with Crippen molar-refractivity contribution in [2.75, 3.05) is 0 Å². The van der Waals surface area contributed by atoms with Crippen LogP contribution in [0, 0.1) is 0 Å². The second-order valence-corrected chi connectivity index (χ2v) is 2.82. The normalized spacial score (nSPS) is 14.0. The Balaban J connectivity index is 3.68. The molecule has 6 heavy (non-hydrogen) atoms. The van der Waals surface area contributed by atoms with Gasteiger partial charge in [-0.15, -0.1) is 0 Å². The van der Waals surface area contributed by atoms with Gasteiger partial charge in [0.05, 0.1) is 0 Å². The Morgan fingerprint density at radius 3 is 1.67 bits per heavy atom. The molecule has 0 spiro atoms. The maximum atomic E-state index is 5.45. The quantitative estimate of drug-likeness (QED) is 0.523. The predicted molar refractivity (Wildman–Crippen MR) is 33.2 cm³/mol. The summed E-state index contributed by atoms with van der Waals surface area (Å²) in [7, 11) is 0. The summed E-state index contributed by atoms with van der Waals surface area (Å²) in [5.41, 5.74) is 0. The predicted octanol–water partition coefficient (Wildman–Crippen LogP) is 2.87. The van der Waals surface area contributed by atoms with Crippen LogP contribution >= 0.6 is 27.5 Å². The first-order valence-corrected chi connectivity index (χ1v) is 2.80. The zero-order chi connectivity index (χ0) is 5.15. The van der Waals surface area contributed by atoms with E-state index in [1.165, 1.54) is 0 Å². The van der Waals surface area contributed by atoms with E-state index in [-0.39, 0.29) is 0 Å². The molecule has 0 fully saturated rings. The summed E-state index contributed by atoms with van der Waals surface area (Å²) in [6.45, 7) is 3.74. The number of hydrogen-bond donors (Lipinski definition) is 0. The van der Waals surface area contributed by atoms with Gasteiger partial charge in [-0.3, -0.25) is 0 Å². The van der Waals surface area contributed by atoms with E-state index >= 15 is 0 Å². The molecule has 0 aliphatic carbocycles. The molecule has 36 valence electrons. The zero-order valence-corrected chi connectivity index (χ0v) is 6.10. The standard InChI is InChI=1S/C4H6BrCl/c1-3(5)4(2)6/h1-2H3. The molecule has 0 aromatic carbocycles. The lowest BCUT2D eigenvalue weighted by Crippen LogP contribution is -1.56. The van der Waals surface area contributed by atoms with Crippen molar-refractivity contribution in [3.63, 3.8) is 0 Å². The molecule has 0 heterocycles. The van der Waals surface area contributed by atoms with Crippen LogP contribution in [0.15, 0.2) is 9.51 Å². The largest absolute Gasteiger partial charge is 0.0886 e. The molecular formula is C4H6BrCl. The molecule has 0 aliphatic rings. The van der Waals surface area contributed by atoms with Gasteiger partial charge in [-0.25, -0.2) is 0 Å². The molecule has 0 unspecified atom stereocenters. The molecule has 0 saturated heterocycles. The Morgan fingerprint density at radius 2 is 1.67 bits per heavy atom. The third kappa shape index (κ3) is 2.73. The van der Waals surface area contributed by atoms with Gasteiger partial charge in [0, 0.05) is 9.51 Å². The van der Waals surface area contributed by atoms with Crippen molar-refractivity contribution < 1.29 is 0 Å². The maximum absolute atomic E-state index is 5.45. The summed E-state index contributed by atoms with van der Waals surface area (Å²) in [5.74, 6) is 0. The molecular weight excluding hydrogens is 163 g/mol. The average molecular weight is 169 g/mol. The monoisotopic (exact) mass is 168 g/mol. The van der Waals surface area contributed by atoms with Crippen molar-refractivity contribution in [1.82, 2.24) is 0 Å². The van der Waals surface area contributed by atoms with Crippen LogP contribution in [0.5, 0.6) is 0 Å². The fraction of sp³-hybridized carbons (Fsp3) is 0.500. The summed E-state index contributed by atoms with van der Waals surface area (Å²) >= 11 is 8.63. The Morgan fingerprint density at radius 1 is 1.50 bits per heavy atom. The van der Waals surface area contributed by atoms with Gasteiger partial charge in [-0.2, -0.15) is 0 Å². The molecule has 0 bridgehead atoms. The summed E-state index contributed by atoms with van der Waals surface area (Å²) in [6.07, 6.45) is 0. The number of rotatable bonds is 0. The molecule has 0 rings (SSSR count). The van der Waals surface area contributed by atoms with Crippen LogP contribution in [0.3, 0.4) is 0 Å². The highest BCUT2D eigenvalue weighted by atomic mass is 79.9. The molecule has 0 aromatic heterocycles. The minimum absolute atomic E-state index is 0.815. The van der Waals surface area contributed by atoms with E-state index < -0.39 is 0 Å². The Labute approximate surface area is 51.3 Å². The lowest BCUT2D eigenvalue weighted by molar-refractivity contribution is 1.56. The minimum atomic E-state index is 0.815. The highest BCUT2D eigenvalue weighted by molar-refractivity contribution is 9.11. The Bertz CT molecular complexity index is 57.6. The lowest BCUT2D eigenvalue weighted by Gasteiger charge is -1.82. The van der Waals surface area contributed by atoms with Crippen molar-refractivity contribution in [3.8, 4) is 0 Å². The summed E-state index contributed by atoms with van der Waals surface area (Å²) in [6, 6.07) is 0. The first-order chi connectivity index (χ1) is 2.64. The van der Waals surface area contributed by atoms with E-state index in [0.29, 0.717) is 0 Å². The second kappa shape index (κ2) is 2.64. The smallest absolute Gasteiger partial charge is 0.0248 e. The summed E-state index contributed by atoms with van der Waals surface area (Å²) in [5, 5.41) is 0.815. The van der Waals surface area contributed by atoms with Crippen LogP contribution < -0.4 is 0 Å². The van der Waals surface area contributed by atoms with Gasteiger partial charge in [0.25, 0.3) is 0 Å². The van der Waals surface area contributed by atoms with Crippen molar-refractivity contribution >= 4 is 27.5 Å². The third-order valence-electron chi connectivity index (χ3n) is 0.475. The van der Waals surface area contributed by atoms with Gasteiger partial charge in [-0.1, -0.05) is 27.5 Å². The van der Waals surface area contributed by atoms with Crippen LogP contribution in [-0.4, -0.2) is 0 Å². The van der Waals surface area contributed by atoms with Crippen LogP contribution in [0.4, 0.5) is 0 Å². The van der Waals surface area contributed by atoms with Gasteiger partial charge in [-0.05, 0) is 13.8 Å². The molecule has 0 atom stereocenters. The van der Waals surface area contributed by atoms with Crippen LogP contribution in [0.2, 0.25) is 0 Å². The molecule has 0 amide bonds. The molecule has 0 radical (unpaired) electrons. The first-order valence-electron chi connectivity index (χ1n) is 1.63. The van der Waals surface area contributed by atoms with Gasteiger partial charge < -0.3 is 0 Å². The molecule has 0 aromatic rings. The van der Waals surface area contributed by atoms with E-state index in [0.717, 1.165) is 9.51 Å².